The number of hydrogen-bond acceptors (Lipinski definition) is 5. The van der Waals surface area contributed by atoms with Crippen LogP contribution in [0.15, 0.2) is 60.7 Å². The molecular formula is C36H57AlO5-. The van der Waals surface area contributed by atoms with Gasteiger partial charge in [-0.15, -0.1) is 0 Å². The van der Waals surface area contributed by atoms with Crippen LogP contribution in [-0.2, 0) is 34.1 Å². The monoisotopic (exact) mass is 596 g/mol. The van der Waals surface area contributed by atoms with E-state index in [0.29, 0.717) is 6.61 Å². The van der Waals surface area contributed by atoms with Crippen molar-refractivity contribution in [2.24, 2.45) is 0 Å². The summed E-state index contributed by atoms with van der Waals surface area (Å²) in [6.45, 7) is 7.55. The number of unbranched alkanes of at least 4 members (excludes halogenated alkanes) is 8. The third-order valence-electron chi connectivity index (χ3n) is 8.13. The van der Waals surface area contributed by atoms with Crippen molar-refractivity contribution in [1.82, 2.24) is 0 Å². The summed E-state index contributed by atoms with van der Waals surface area (Å²) in [5.41, 5.74) is 2.50. The second kappa shape index (κ2) is 23.2. The zero-order valence-corrected chi connectivity index (χ0v) is 27.7. The quantitative estimate of drug-likeness (QED) is 0.0844. The van der Waals surface area contributed by atoms with Gasteiger partial charge in [0, 0.05) is 25.4 Å². The molecule has 2 aromatic rings. The predicted molar refractivity (Wildman–Crippen MR) is 173 cm³/mol. The number of rotatable bonds is 25. The van der Waals surface area contributed by atoms with Crippen LogP contribution in [0.5, 0.6) is 0 Å². The third kappa shape index (κ3) is 15.5. The first-order chi connectivity index (χ1) is 20.8. The van der Waals surface area contributed by atoms with Crippen molar-refractivity contribution >= 4 is 15.1 Å². The zero-order valence-electron chi connectivity index (χ0n) is 26.6. The lowest BCUT2D eigenvalue weighted by Gasteiger charge is -2.28. The molecule has 0 saturated carbocycles. The Balaban J connectivity index is 1.25. The van der Waals surface area contributed by atoms with E-state index in [1.54, 1.807) is 0 Å². The highest BCUT2D eigenvalue weighted by atomic mass is 27.3. The molecule has 235 valence electrons. The van der Waals surface area contributed by atoms with Gasteiger partial charge in [0.25, 0.3) is 0 Å². The number of benzene rings is 2. The Labute approximate surface area is 262 Å². The highest BCUT2D eigenvalue weighted by Gasteiger charge is 2.32. The molecule has 3 atom stereocenters. The third-order valence-corrected chi connectivity index (χ3v) is 9.88. The van der Waals surface area contributed by atoms with Gasteiger partial charge in [-0.25, -0.2) is 0 Å². The summed E-state index contributed by atoms with van der Waals surface area (Å²) in [6, 6.07) is 20.9. The fourth-order valence-corrected chi connectivity index (χ4v) is 7.63. The zero-order chi connectivity index (χ0) is 29.5. The number of hydrogen-bond donors (Lipinski definition) is 0. The first-order valence-corrected chi connectivity index (χ1v) is 18.4. The van der Waals surface area contributed by atoms with Crippen LogP contribution in [0.1, 0.15) is 121 Å². The highest BCUT2D eigenvalue weighted by molar-refractivity contribution is 6.37. The second-order valence-corrected chi connectivity index (χ2v) is 13.2. The molecule has 1 aliphatic heterocycles. The van der Waals surface area contributed by atoms with E-state index < -0.39 is 15.1 Å². The van der Waals surface area contributed by atoms with Gasteiger partial charge < -0.3 is 20.8 Å². The van der Waals surface area contributed by atoms with Crippen LogP contribution in [0, 0.1) is 0 Å². The summed E-state index contributed by atoms with van der Waals surface area (Å²) in [4.78, 5) is 0. The predicted octanol–water partition coefficient (Wildman–Crippen LogP) is 9.47. The fraction of sp³-hybridized carbons (Fsp3) is 0.667. The Kier molecular flexibility index (Phi) is 19.5. The van der Waals surface area contributed by atoms with Gasteiger partial charge in [-0.2, -0.15) is 0 Å². The Hall–Kier alpha value is -1.23. The Morgan fingerprint density at radius 2 is 1.07 bits per heavy atom. The molecule has 0 bridgehead atoms. The first-order valence-electron chi connectivity index (χ1n) is 17.0. The topological polar surface area (TPSA) is 46.2 Å². The molecule has 1 saturated heterocycles. The molecule has 0 aliphatic carbocycles. The normalized spacial score (nSPS) is 18.0. The average molecular weight is 597 g/mol. The molecule has 1 unspecified atom stereocenters. The van der Waals surface area contributed by atoms with Crippen molar-refractivity contribution in [3.05, 3.63) is 71.8 Å². The molecule has 0 spiro atoms. The molecule has 1 fully saturated rings. The minimum Gasteiger partial charge on any atom is -0.632 e. The molecule has 1 aliphatic rings. The van der Waals surface area contributed by atoms with Crippen molar-refractivity contribution in [2.75, 3.05) is 13.2 Å². The van der Waals surface area contributed by atoms with Crippen LogP contribution in [0.2, 0.25) is 0 Å². The van der Waals surface area contributed by atoms with E-state index in [-0.39, 0.29) is 18.3 Å². The van der Waals surface area contributed by atoms with Crippen LogP contribution in [0.3, 0.4) is 0 Å². The maximum absolute atomic E-state index is 6.47. The molecule has 1 radical (unpaired) electrons. The maximum Gasteiger partial charge on any atom is 0.559 e. The molecule has 6 heteroatoms. The van der Waals surface area contributed by atoms with Crippen molar-refractivity contribution in [3.63, 3.8) is 0 Å². The second-order valence-electron chi connectivity index (χ2n) is 11.8. The standard InChI is InChI=1S/C30H44O4.C6H13O.Al/c31-29(21-13-3-1-2-5-15-23-33-25-27-17-9-7-10-18-27)30(32)22-14-4-6-16-24-34-26-28-19-11-8-12-20-28;1-3-5-6(7)4-2;/h7-12,17-20,29-30H,1-6,13-16,21-26H2;6H,3-5H2,1-2H3;/q-2;-1;+2/t29-,30+;;/m0../s1. The fourth-order valence-electron chi connectivity index (χ4n) is 5.60. The van der Waals surface area contributed by atoms with Crippen LogP contribution < -0.4 is 0 Å². The van der Waals surface area contributed by atoms with Crippen molar-refractivity contribution in [2.45, 2.75) is 142 Å². The van der Waals surface area contributed by atoms with E-state index in [1.165, 1.54) is 62.5 Å². The van der Waals surface area contributed by atoms with E-state index in [2.05, 4.69) is 62.4 Å². The van der Waals surface area contributed by atoms with Crippen LogP contribution in [-0.4, -0.2) is 46.7 Å². The van der Waals surface area contributed by atoms with Gasteiger partial charge in [-0.05, 0) is 55.8 Å². The summed E-state index contributed by atoms with van der Waals surface area (Å²) in [7, 11) is 0. The number of ether oxygens (including phenoxy) is 2. The van der Waals surface area contributed by atoms with Crippen LogP contribution in [0.25, 0.3) is 0 Å². The summed E-state index contributed by atoms with van der Waals surface area (Å²) >= 11 is -2.05. The lowest BCUT2D eigenvalue weighted by atomic mass is 10.00. The van der Waals surface area contributed by atoms with Gasteiger partial charge in [0.1, 0.15) is 0 Å². The lowest BCUT2D eigenvalue weighted by Crippen LogP contribution is -2.28. The molecule has 2 aromatic carbocycles. The Morgan fingerprint density at radius 3 is 1.52 bits per heavy atom. The minimum absolute atomic E-state index is 0.205. The first kappa shape index (κ1) is 35.3. The van der Waals surface area contributed by atoms with Gasteiger partial charge >= 0.3 is 15.1 Å². The van der Waals surface area contributed by atoms with E-state index in [1.807, 2.05) is 12.1 Å². The lowest BCUT2D eigenvalue weighted by molar-refractivity contribution is 0.0936. The van der Waals surface area contributed by atoms with Crippen LogP contribution >= 0.6 is 0 Å². The van der Waals surface area contributed by atoms with Gasteiger partial charge in [-0.1, -0.05) is 132 Å². The van der Waals surface area contributed by atoms with E-state index >= 15 is 0 Å². The van der Waals surface area contributed by atoms with Crippen molar-refractivity contribution in [1.29, 1.82) is 0 Å². The van der Waals surface area contributed by atoms with E-state index in [4.69, 9.17) is 20.8 Å². The summed E-state index contributed by atoms with van der Waals surface area (Å²) in [5, 5.41) is 0. The summed E-state index contributed by atoms with van der Waals surface area (Å²) in [5.74, 6) is 0. The van der Waals surface area contributed by atoms with E-state index in [9.17, 15) is 0 Å². The molecule has 5 nitrogen and oxygen atoms in total. The maximum atomic E-state index is 6.47. The summed E-state index contributed by atoms with van der Waals surface area (Å²) in [6.07, 6.45) is 18.3. The highest BCUT2D eigenvalue weighted by Crippen LogP contribution is 2.28. The minimum atomic E-state index is -2.05. The van der Waals surface area contributed by atoms with Gasteiger partial charge in [0.2, 0.25) is 0 Å². The van der Waals surface area contributed by atoms with Crippen molar-refractivity contribution < 1.29 is 20.8 Å². The van der Waals surface area contributed by atoms with Crippen LogP contribution in [0.4, 0.5) is 0 Å². The molecule has 0 N–H and O–H groups in total. The van der Waals surface area contributed by atoms with Crippen molar-refractivity contribution in [3.8, 4) is 0 Å². The molecular weight excluding hydrogens is 539 g/mol. The molecule has 42 heavy (non-hydrogen) atoms. The van der Waals surface area contributed by atoms with Gasteiger partial charge in [-0.3, -0.25) is 0 Å². The molecule has 1 heterocycles. The smallest absolute Gasteiger partial charge is 0.559 e. The Morgan fingerprint density at radius 1 is 0.619 bits per heavy atom. The SMILES string of the molecule is CCCC(CC)[O][Al-]1[O][C@@H](CCCCCCCCOCc2ccccc2)[C@@H](CCCCCCOCc2ccccc2)[O]1. The average Bonchev–Trinajstić information content (AvgIpc) is 3.41. The Bertz CT molecular complexity index is 883. The largest absolute Gasteiger partial charge is 0.632 e. The molecule has 3 rings (SSSR count). The summed E-state index contributed by atoms with van der Waals surface area (Å²) < 4.78 is 31.0. The van der Waals surface area contributed by atoms with Gasteiger partial charge in [0.05, 0.1) is 13.2 Å². The molecule has 0 amide bonds. The molecule has 0 aromatic heterocycles. The van der Waals surface area contributed by atoms with E-state index in [0.717, 1.165) is 64.8 Å². The van der Waals surface area contributed by atoms with Gasteiger partial charge in [0.15, 0.2) is 0 Å².